The monoisotopic (exact) mass is 272 g/mol. The van der Waals surface area contributed by atoms with Gasteiger partial charge in [0.1, 0.15) is 0 Å². The number of phenols is 1. The Balaban J connectivity index is 2.71. The van der Waals surface area contributed by atoms with Gasteiger partial charge in [0.15, 0.2) is 0 Å². The third-order valence-electron chi connectivity index (χ3n) is 1.67. The Bertz CT molecular complexity index is 246. The van der Waals surface area contributed by atoms with Crippen LogP contribution in [-0.4, -0.2) is 23.5 Å². The van der Waals surface area contributed by atoms with E-state index < -0.39 is 18.4 Å². The maximum atomic E-state index is 9.07. The molecule has 1 aromatic carbocycles. The van der Waals surface area contributed by atoms with Crippen molar-refractivity contribution < 1.29 is 5.11 Å². The van der Waals surface area contributed by atoms with Gasteiger partial charge in [-0.3, -0.25) is 0 Å². The molecule has 1 aromatic rings. The second-order valence-electron chi connectivity index (χ2n) is 4.40. The summed E-state index contributed by atoms with van der Waals surface area (Å²) < 4.78 is 1.26. The zero-order valence-electron chi connectivity index (χ0n) is 7.96. The Morgan fingerprint density at radius 2 is 1.58 bits per heavy atom. The molecule has 0 radical (unpaired) electrons. The second kappa shape index (κ2) is 3.69. The molecule has 0 aliphatic rings. The summed E-state index contributed by atoms with van der Waals surface area (Å²) in [5, 5.41) is 9.07. The van der Waals surface area contributed by atoms with Crippen molar-refractivity contribution >= 4 is 18.4 Å². The standard InChI is InChI=1S/C7H7O.3CH3.Sn/c1-6-2-4-7(8)5-3-6;;;;/h2-5,8H,1H2;3*1H3;. The van der Waals surface area contributed by atoms with Crippen LogP contribution in [0.4, 0.5) is 0 Å². The van der Waals surface area contributed by atoms with Gasteiger partial charge < -0.3 is 0 Å². The van der Waals surface area contributed by atoms with Crippen molar-refractivity contribution in [3.63, 3.8) is 0 Å². The SMILES string of the molecule is [CH3][Sn]([CH3])([CH3])[CH2]c1ccc(O)cc1. The third-order valence-corrected chi connectivity index (χ3v) is 5.86. The summed E-state index contributed by atoms with van der Waals surface area (Å²) in [6, 6.07) is 7.59. The van der Waals surface area contributed by atoms with Crippen LogP contribution in [0.15, 0.2) is 24.3 Å². The molecule has 0 spiro atoms. The van der Waals surface area contributed by atoms with Crippen molar-refractivity contribution in [1.82, 2.24) is 0 Å². The van der Waals surface area contributed by atoms with Crippen molar-refractivity contribution in [2.45, 2.75) is 19.3 Å². The van der Waals surface area contributed by atoms with E-state index in [9.17, 15) is 0 Å². The topological polar surface area (TPSA) is 20.2 Å². The fraction of sp³-hybridized carbons (Fsp3) is 0.400. The normalized spacial score (nSPS) is 11.6. The fourth-order valence-corrected chi connectivity index (χ4v) is 5.39. The van der Waals surface area contributed by atoms with E-state index in [-0.39, 0.29) is 0 Å². The Kier molecular flexibility index (Phi) is 3.04. The van der Waals surface area contributed by atoms with Crippen LogP contribution in [0.25, 0.3) is 0 Å². The molecule has 1 rings (SSSR count). The first-order chi connectivity index (χ1) is 5.47. The molecule has 2 heteroatoms. The number of aromatic hydroxyl groups is 1. The van der Waals surface area contributed by atoms with Gasteiger partial charge in [0, 0.05) is 0 Å². The molecule has 0 amide bonds. The molecule has 1 N–H and O–H groups in total. The minimum atomic E-state index is -1.67. The van der Waals surface area contributed by atoms with Crippen molar-refractivity contribution in [2.24, 2.45) is 0 Å². The van der Waals surface area contributed by atoms with Crippen LogP contribution >= 0.6 is 0 Å². The van der Waals surface area contributed by atoms with Gasteiger partial charge in [-0.1, -0.05) is 0 Å². The molecule has 0 fully saturated rings. The first-order valence-electron chi connectivity index (χ1n) is 4.25. The quantitative estimate of drug-likeness (QED) is 0.820. The van der Waals surface area contributed by atoms with Crippen LogP contribution in [0.2, 0.25) is 14.8 Å². The summed E-state index contributed by atoms with van der Waals surface area (Å²) in [5.74, 6) is 0.364. The van der Waals surface area contributed by atoms with Crippen LogP contribution in [-0.2, 0) is 4.44 Å². The molecule has 0 saturated heterocycles. The van der Waals surface area contributed by atoms with E-state index in [1.807, 2.05) is 12.1 Å². The predicted octanol–water partition coefficient (Wildman–Crippen LogP) is 2.81. The van der Waals surface area contributed by atoms with E-state index in [0.717, 1.165) is 0 Å². The summed E-state index contributed by atoms with van der Waals surface area (Å²) in [7, 11) is 0. The summed E-state index contributed by atoms with van der Waals surface area (Å²) in [6.45, 7) is 0. The van der Waals surface area contributed by atoms with Crippen molar-refractivity contribution in [1.29, 1.82) is 0 Å². The number of phenolic OH excluding ortho intramolecular Hbond substituents is 1. The molecule has 0 aromatic heterocycles. The molecule has 0 bridgehead atoms. The molecule has 1 nitrogen and oxygen atoms in total. The van der Waals surface area contributed by atoms with Gasteiger partial charge in [-0.15, -0.1) is 0 Å². The van der Waals surface area contributed by atoms with Crippen LogP contribution in [0.3, 0.4) is 0 Å². The van der Waals surface area contributed by atoms with E-state index in [4.69, 9.17) is 5.11 Å². The zero-order chi connectivity index (χ0) is 9.19. The van der Waals surface area contributed by atoms with Crippen LogP contribution in [0, 0.1) is 0 Å². The first-order valence-corrected chi connectivity index (χ1v) is 14.8. The van der Waals surface area contributed by atoms with E-state index in [1.54, 1.807) is 12.1 Å². The van der Waals surface area contributed by atoms with Crippen LogP contribution in [0.1, 0.15) is 5.56 Å². The molecule has 66 valence electrons. The fourth-order valence-electron chi connectivity index (χ4n) is 1.23. The van der Waals surface area contributed by atoms with Gasteiger partial charge in [0.2, 0.25) is 0 Å². The van der Waals surface area contributed by atoms with Crippen LogP contribution in [0.5, 0.6) is 5.75 Å². The van der Waals surface area contributed by atoms with E-state index in [1.165, 1.54) is 10.0 Å². The first kappa shape index (κ1) is 9.90. The van der Waals surface area contributed by atoms with Crippen molar-refractivity contribution in [3.8, 4) is 5.75 Å². The van der Waals surface area contributed by atoms with Crippen molar-refractivity contribution in [3.05, 3.63) is 29.8 Å². The summed E-state index contributed by atoms with van der Waals surface area (Å²) >= 11 is -1.67. The Labute approximate surface area is 78.3 Å². The molecule has 0 saturated carbocycles. The summed E-state index contributed by atoms with van der Waals surface area (Å²) in [6.07, 6.45) is 0. The third kappa shape index (κ3) is 3.48. The van der Waals surface area contributed by atoms with Gasteiger partial charge in [-0.2, -0.15) is 0 Å². The maximum absolute atomic E-state index is 9.07. The molecular formula is C10H16OSn. The molecule has 0 heterocycles. The zero-order valence-corrected chi connectivity index (χ0v) is 10.8. The van der Waals surface area contributed by atoms with Gasteiger partial charge in [0.25, 0.3) is 0 Å². The Morgan fingerprint density at radius 1 is 1.08 bits per heavy atom. The van der Waals surface area contributed by atoms with E-state index in [2.05, 4.69) is 14.8 Å². The molecule has 0 unspecified atom stereocenters. The average molecular weight is 271 g/mol. The van der Waals surface area contributed by atoms with Crippen molar-refractivity contribution in [2.75, 3.05) is 0 Å². The number of benzene rings is 1. The Hall–Kier alpha value is -0.181. The predicted molar refractivity (Wildman–Crippen MR) is 55.2 cm³/mol. The molecule has 0 atom stereocenters. The van der Waals surface area contributed by atoms with E-state index in [0.29, 0.717) is 5.75 Å². The number of hydrogen-bond acceptors (Lipinski definition) is 1. The minimum absolute atomic E-state index is 0.364. The molecular weight excluding hydrogens is 255 g/mol. The van der Waals surface area contributed by atoms with Gasteiger partial charge in [0.05, 0.1) is 0 Å². The van der Waals surface area contributed by atoms with E-state index >= 15 is 0 Å². The average Bonchev–Trinajstić information content (AvgIpc) is 1.91. The second-order valence-corrected chi connectivity index (χ2v) is 20.0. The molecule has 0 aliphatic heterocycles. The van der Waals surface area contributed by atoms with Gasteiger partial charge in [-0.25, -0.2) is 0 Å². The number of hydrogen-bond donors (Lipinski definition) is 1. The summed E-state index contributed by atoms with van der Waals surface area (Å²) in [5.41, 5.74) is 1.37. The summed E-state index contributed by atoms with van der Waals surface area (Å²) in [4.78, 5) is 7.25. The Morgan fingerprint density at radius 3 is 2.00 bits per heavy atom. The molecule has 12 heavy (non-hydrogen) atoms. The van der Waals surface area contributed by atoms with Crippen LogP contribution < -0.4 is 0 Å². The molecule has 0 aliphatic carbocycles. The van der Waals surface area contributed by atoms with Gasteiger partial charge in [-0.05, 0) is 0 Å². The number of rotatable bonds is 2. The van der Waals surface area contributed by atoms with Gasteiger partial charge >= 0.3 is 78.3 Å².